The summed E-state index contributed by atoms with van der Waals surface area (Å²) in [4.78, 5) is 16.3. The molecule has 0 aliphatic rings. The monoisotopic (exact) mass is 355 g/mol. The molecule has 0 atom stereocenters. The predicted octanol–water partition coefficient (Wildman–Crippen LogP) is 3.78. The Bertz CT molecular complexity index is 1130. The van der Waals surface area contributed by atoms with Crippen molar-refractivity contribution in [3.63, 3.8) is 0 Å². The Kier molecular flexibility index (Phi) is 4.45. The fraction of sp³-hybridized carbons (Fsp3) is 0.0476. The third-order valence-electron chi connectivity index (χ3n) is 4.29. The van der Waals surface area contributed by atoms with Crippen LogP contribution in [-0.2, 0) is 0 Å². The van der Waals surface area contributed by atoms with Gasteiger partial charge in [-0.15, -0.1) is 0 Å². The second-order valence-electron chi connectivity index (χ2n) is 6.10. The number of carbonyl (C=O) groups excluding carboxylic acids is 1. The van der Waals surface area contributed by atoms with Crippen molar-refractivity contribution in [2.75, 3.05) is 0 Å². The van der Waals surface area contributed by atoms with Crippen LogP contribution in [0.15, 0.2) is 78.2 Å². The van der Waals surface area contributed by atoms with Crippen molar-refractivity contribution in [2.24, 2.45) is 5.10 Å². The number of fused-ring (bicyclic) bond motifs is 1. The molecule has 0 radical (unpaired) electrons. The highest BCUT2D eigenvalue weighted by Gasteiger charge is 2.11. The van der Waals surface area contributed by atoms with Crippen molar-refractivity contribution < 1.29 is 4.79 Å². The van der Waals surface area contributed by atoms with Gasteiger partial charge in [0.15, 0.2) is 0 Å². The molecule has 4 aromatic rings. The average molecular weight is 355 g/mol. The van der Waals surface area contributed by atoms with Crippen LogP contribution < -0.4 is 5.43 Å². The molecule has 6 nitrogen and oxygen atoms in total. The number of benzene rings is 2. The van der Waals surface area contributed by atoms with Gasteiger partial charge < -0.3 is 0 Å². The van der Waals surface area contributed by atoms with Gasteiger partial charge in [0.05, 0.1) is 11.4 Å². The molecule has 0 bridgehead atoms. The Morgan fingerprint density at radius 3 is 2.59 bits per heavy atom. The van der Waals surface area contributed by atoms with Gasteiger partial charge in [0.25, 0.3) is 5.91 Å². The highest BCUT2D eigenvalue weighted by Crippen LogP contribution is 2.23. The van der Waals surface area contributed by atoms with Crippen molar-refractivity contribution in [3.8, 4) is 11.3 Å². The van der Waals surface area contributed by atoms with Crippen LogP contribution in [0, 0.1) is 0 Å². The summed E-state index contributed by atoms with van der Waals surface area (Å²) in [6.45, 7) is 1.82. The van der Waals surface area contributed by atoms with Gasteiger partial charge in [0.1, 0.15) is 5.69 Å². The second kappa shape index (κ2) is 7.21. The van der Waals surface area contributed by atoms with Gasteiger partial charge in [-0.05, 0) is 42.0 Å². The Balaban J connectivity index is 1.52. The van der Waals surface area contributed by atoms with E-state index in [1.807, 2.05) is 43.3 Å². The van der Waals surface area contributed by atoms with Crippen molar-refractivity contribution in [1.82, 2.24) is 20.6 Å². The Morgan fingerprint density at radius 2 is 1.78 bits per heavy atom. The zero-order valence-electron chi connectivity index (χ0n) is 14.7. The quantitative estimate of drug-likeness (QED) is 0.432. The lowest BCUT2D eigenvalue weighted by atomic mass is 10.1. The molecule has 2 heterocycles. The van der Waals surface area contributed by atoms with Crippen molar-refractivity contribution >= 4 is 22.4 Å². The molecule has 6 heteroatoms. The summed E-state index contributed by atoms with van der Waals surface area (Å²) in [5, 5.41) is 13.5. The number of aromatic amines is 1. The molecule has 0 saturated heterocycles. The summed E-state index contributed by atoms with van der Waals surface area (Å²) < 4.78 is 0. The maximum absolute atomic E-state index is 12.3. The summed E-state index contributed by atoms with van der Waals surface area (Å²) in [6, 6.07) is 19.6. The number of pyridine rings is 1. The fourth-order valence-electron chi connectivity index (χ4n) is 2.79. The summed E-state index contributed by atoms with van der Waals surface area (Å²) in [5.41, 5.74) is 6.14. The number of rotatable bonds is 4. The molecule has 1 amide bonds. The minimum absolute atomic E-state index is 0.344. The normalized spacial score (nSPS) is 11.5. The molecule has 2 N–H and O–H groups in total. The van der Waals surface area contributed by atoms with Crippen molar-refractivity contribution in [3.05, 3.63) is 84.3 Å². The first-order valence-corrected chi connectivity index (χ1v) is 8.50. The van der Waals surface area contributed by atoms with E-state index in [1.54, 1.807) is 18.5 Å². The smallest absolute Gasteiger partial charge is 0.272 e. The minimum atomic E-state index is -0.344. The molecule has 0 aliphatic carbocycles. The number of hydrogen-bond donors (Lipinski definition) is 2. The largest absolute Gasteiger partial charge is 0.289 e. The summed E-state index contributed by atoms with van der Waals surface area (Å²) in [6.07, 6.45) is 3.36. The van der Waals surface area contributed by atoms with Gasteiger partial charge in [0, 0.05) is 23.5 Å². The summed E-state index contributed by atoms with van der Waals surface area (Å²) >= 11 is 0. The lowest BCUT2D eigenvalue weighted by Gasteiger charge is -2.01. The fourth-order valence-corrected chi connectivity index (χ4v) is 2.79. The number of amides is 1. The first-order valence-electron chi connectivity index (χ1n) is 8.50. The maximum atomic E-state index is 12.3. The van der Waals surface area contributed by atoms with Gasteiger partial charge in [-0.1, -0.05) is 36.4 Å². The molecule has 0 aliphatic heterocycles. The minimum Gasteiger partial charge on any atom is -0.272 e. The number of hydrazone groups is 1. The molecule has 2 aromatic carbocycles. The second-order valence-corrected chi connectivity index (χ2v) is 6.10. The summed E-state index contributed by atoms with van der Waals surface area (Å²) in [7, 11) is 0. The standard InChI is InChI=1S/C21H17N5O/c1-14(15-8-10-22-11-9-15)23-26-21(27)20-13-19(24-25-20)18-7-6-16-4-2-3-5-17(16)12-18/h2-13H,1H3,(H,24,25)(H,26,27)/b23-14+. The third-order valence-corrected chi connectivity index (χ3v) is 4.29. The van der Waals surface area contributed by atoms with E-state index < -0.39 is 0 Å². The van der Waals surface area contributed by atoms with E-state index in [1.165, 1.54) is 0 Å². The van der Waals surface area contributed by atoms with Gasteiger partial charge in [0.2, 0.25) is 0 Å². The van der Waals surface area contributed by atoms with Crippen LogP contribution in [0.2, 0.25) is 0 Å². The van der Waals surface area contributed by atoms with Crippen molar-refractivity contribution in [2.45, 2.75) is 6.92 Å². The average Bonchev–Trinajstić information content (AvgIpc) is 3.22. The van der Waals surface area contributed by atoms with E-state index in [0.29, 0.717) is 17.1 Å². The van der Waals surface area contributed by atoms with E-state index in [4.69, 9.17) is 0 Å². The van der Waals surface area contributed by atoms with E-state index in [2.05, 4.69) is 43.9 Å². The number of nitrogens with one attached hydrogen (secondary N) is 2. The Labute approximate surface area is 156 Å². The van der Waals surface area contributed by atoms with Crippen LogP contribution in [-0.4, -0.2) is 26.8 Å². The Morgan fingerprint density at radius 1 is 1.00 bits per heavy atom. The SMILES string of the molecule is C/C(=N\NC(=O)c1cc(-c2ccc3ccccc3c2)n[nH]1)c1ccncc1. The number of hydrogen-bond acceptors (Lipinski definition) is 4. The van der Waals surface area contributed by atoms with Crippen LogP contribution >= 0.6 is 0 Å². The topological polar surface area (TPSA) is 83.0 Å². The number of aromatic nitrogens is 3. The zero-order chi connectivity index (χ0) is 18.6. The first kappa shape index (κ1) is 16.7. The van der Waals surface area contributed by atoms with Crippen LogP contribution in [0.5, 0.6) is 0 Å². The maximum Gasteiger partial charge on any atom is 0.289 e. The van der Waals surface area contributed by atoms with Crippen LogP contribution in [0.25, 0.3) is 22.0 Å². The van der Waals surface area contributed by atoms with Crippen molar-refractivity contribution in [1.29, 1.82) is 0 Å². The molecular formula is C21H17N5O. The molecule has 2 aromatic heterocycles. The highest BCUT2D eigenvalue weighted by atomic mass is 16.2. The van der Waals surface area contributed by atoms with Gasteiger partial charge in [-0.3, -0.25) is 14.9 Å². The lowest BCUT2D eigenvalue weighted by Crippen LogP contribution is -2.19. The third kappa shape index (κ3) is 3.59. The van der Waals surface area contributed by atoms with E-state index >= 15 is 0 Å². The molecule has 0 saturated carbocycles. The molecule has 4 rings (SSSR count). The van der Waals surface area contributed by atoms with Crippen LogP contribution in [0.4, 0.5) is 0 Å². The van der Waals surface area contributed by atoms with Crippen LogP contribution in [0.1, 0.15) is 23.0 Å². The van der Waals surface area contributed by atoms with E-state index in [-0.39, 0.29) is 5.91 Å². The molecule has 0 unspecified atom stereocenters. The number of carbonyl (C=O) groups is 1. The van der Waals surface area contributed by atoms with Gasteiger partial charge >= 0.3 is 0 Å². The molecule has 27 heavy (non-hydrogen) atoms. The van der Waals surface area contributed by atoms with Gasteiger partial charge in [-0.2, -0.15) is 10.2 Å². The predicted molar refractivity (Wildman–Crippen MR) is 105 cm³/mol. The molecular weight excluding hydrogens is 338 g/mol. The van der Waals surface area contributed by atoms with Crippen LogP contribution in [0.3, 0.4) is 0 Å². The number of H-pyrrole nitrogens is 1. The first-order chi connectivity index (χ1) is 13.2. The molecule has 0 spiro atoms. The molecule has 132 valence electrons. The highest BCUT2D eigenvalue weighted by molar-refractivity contribution is 6.00. The van der Waals surface area contributed by atoms with E-state index in [9.17, 15) is 4.79 Å². The lowest BCUT2D eigenvalue weighted by molar-refractivity contribution is 0.0950. The Hall–Kier alpha value is -3.80. The summed E-state index contributed by atoms with van der Waals surface area (Å²) in [5.74, 6) is -0.344. The zero-order valence-corrected chi connectivity index (χ0v) is 14.7. The number of nitrogens with zero attached hydrogens (tertiary/aromatic N) is 3. The van der Waals surface area contributed by atoms with Gasteiger partial charge in [-0.25, -0.2) is 5.43 Å². The molecule has 0 fully saturated rings. The van der Waals surface area contributed by atoms with E-state index in [0.717, 1.165) is 21.9 Å².